The minimum absolute atomic E-state index is 0.0127. The zero-order valence-corrected chi connectivity index (χ0v) is 18.4. The zero-order chi connectivity index (χ0) is 24.5. The maximum absolute atomic E-state index is 13.4. The minimum atomic E-state index is -4.61. The normalized spacial score (nSPS) is 14.2. The zero-order valence-electron chi connectivity index (χ0n) is 18.4. The van der Waals surface area contributed by atoms with E-state index in [2.05, 4.69) is 5.32 Å². The van der Waals surface area contributed by atoms with Crippen molar-refractivity contribution in [1.29, 1.82) is 0 Å². The molecule has 2 amide bonds. The first-order valence-electron chi connectivity index (χ1n) is 10.5. The standard InChI is InChI=1S/C26H21F3N2O3/c1-16(2)34-21-13-11-19(12-14-21)30-23-22(17-7-4-3-5-8-17)24(32)31(25(23)33)20-10-6-9-18(15-20)26(27,28)29/h3-16,30H,1-2H3. The maximum atomic E-state index is 13.4. The molecule has 0 atom stereocenters. The van der Waals surface area contributed by atoms with Crippen LogP contribution in [0.15, 0.2) is 84.6 Å². The van der Waals surface area contributed by atoms with Gasteiger partial charge in [-0.05, 0) is 61.9 Å². The summed E-state index contributed by atoms with van der Waals surface area (Å²) < 4.78 is 45.4. The van der Waals surface area contributed by atoms with E-state index in [0.29, 0.717) is 17.0 Å². The quantitative estimate of drug-likeness (QED) is 0.461. The van der Waals surface area contributed by atoms with Crippen LogP contribution in [0.4, 0.5) is 24.5 Å². The third-order valence-electron chi connectivity index (χ3n) is 5.07. The summed E-state index contributed by atoms with van der Waals surface area (Å²) in [5.74, 6) is -0.819. The number of hydrogen-bond donors (Lipinski definition) is 1. The van der Waals surface area contributed by atoms with Crippen molar-refractivity contribution in [3.05, 3.63) is 95.7 Å². The highest BCUT2D eigenvalue weighted by Gasteiger charge is 2.41. The molecule has 0 aromatic heterocycles. The first kappa shape index (κ1) is 23.1. The van der Waals surface area contributed by atoms with Crippen LogP contribution in [0.25, 0.3) is 5.57 Å². The van der Waals surface area contributed by atoms with Crippen LogP contribution in [0.3, 0.4) is 0 Å². The van der Waals surface area contributed by atoms with E-state index in [4.69, 9.17) is 4.74 Å². The number of halogens is 3. The number of rotatable bonds is 6. The van der Waals surface area contributed by atoms with Crippen LogP contribution in [0.5, 0.6) is 5.75 Å². The fraction of sp³-hybridized carbons (Fsp3) is 0.154. The molecule has 8 heteroatoms. The van der Waals surface area contributed by atoms with Gasteiger partial charge in [0.1, 0.15) is 11.4 Å². The molecule has 3 aromatic rings. The monoisotopic (exact) mass is 466 g/mol. The van der Waals surface area contributed by atoms with Crippen LogP contribution in [-0.2, 0) is 15.8 Å². The Hall–Kier alpha value is -4.07. The Morgan fingerprint density at radius 3 is 2.15 bits per heavy atom. The summed E-state index contributed by atoms with van der Waals surface area (Å²) in [4.78, 5) is 27.5. The highest BCUT2D eigenvalue weighted by atomic mass is 19.4. The van der Waals surface area contributed by atoms with Gasteiger partial charge in [-0.1, -0.05) is 36.4 Å². The molecule has 0 unspecified atom stereocenters. The van der Waals surface area contributed by atoms with E-state index in [1.54, 1.807) is 54.6 Å². The smallest absolute Gasteiger partial charge is 0.416 e. The Morgan fingerprint density at radius 2 is 1.53 bits per heavy atom. The van der Waals surface area contributed by atoms with Gasteiger partial charge in [-0.25, -0.2) is 4.90 Å². The van der Waals surface area contributed by atoms with E-state index >= 15 is 0 Å². The van der Waals surface area contributed by atoms with Crippen molar-refractivity contribution in [3.63, 3.8) is 0 Å². The Kier molecular flexibility index (Phi) is 6.15. The Morgan fingerprint density at radius 1 is 0.853 bits per heavy atom. The Bertz CT molecular complexity index is 1250. The molecule has 0 saturated heterocycles. The van der Waals surface area contributed by atoms with Gasteiger partial charge in [0.05, 0.1) is 22.9 Å². The first-order valence-corrected chi connectivity index (χ1v) is 10.5. The highest BCUT2D eigenvalue weighted by Crippen LogP contribution is 2.37. The van der Waals surface area contributed by atoms with Gasteiger partial charge in [-0.2, -0.15) is 13.2 Å². The molecule has 1 aliphatic heterocycles. The van der Waals surface area contributed by atoms with Crippen molar-refractivity contribution < 1.29 is 27.5 Å². The van der Waals surface area contributed by atoms with Gasteiger partial charge in [0, 0.05) is 5.69 Å². The van der Waals surface area contributed by atoms with Gasteiger partial charge in [0.2, 0.25) is 0 Å². The van der Waals surface area contributed by atoms with Gasteiger partial charge in [-0.15, -0.1) is 0 Å². The number of imide groups is 1. The molecule has 0 saturated carbocycles. The molecular formula is C26H21F3N2O3. The predicted octanol–water partition coefficient (Wildman–Crippen LogP) is 5.89. The molecule has 0 radical (unpaired) electrons. The van der Waals surface area contributed by atoms with Gasteiger partial charge in [0.15, 0.2) is 0 Å². The van der Waals surface area contributed by atoms with E-state index in [0.717, 1.165) is 17.0 Å². The fourth-order valence-corrected chi connectivity index (χ4v) is 3.61. The van der Waals surface area contributed by atoms with Gasteiger partial charge in [0.25, 0.3) is 11.8 Å². The Labute approximate surface area is 194 Å². The summed E-state index contributed by atoms with van der Waals surface area (Å²) in [6.07, 6.45) is -4.63. The molecule has 0 spiro atoms. The fourth-order valence-electron chi connectivity index (χ4n) is 3.61. The van der Waals surface area contributed by atoms with E-state index in [1.165, 1.54) is 12.1 Å². The number of benzene rings is 3. The molecule has 0 fully saturated rings. The van der Waals surface area contributed by atoms with E-state index in [1.807, 2.05) is 13.8 Å². The van der Waals surface area contributed by atoms with Crippen LogP contribution in [0, 0.1) is 0 Å². The van der Waals surface area contributed by atoms with Crippen LogP contribution in [-0.4, -0.2) is 17.9 Å². The lowest BCUT2D eigenvalue weighted by atomic mass is 10.0. The highest BCUT2D eigenvalue weighted by molar-refractivity contribution is 6.46. The predicted molar refractivity (Wildman–Crippen MR) is 123 cm³/mol. The second-order valence-corrected chi connectivity index (χ2v) is 7.93. The summed E-state index contributed by atoms with van der Waals surface area (Å²) in [7, 11) is 0. The number of amides is 2. The van der Waals surface area contributed by atoms with Crippen molar-refractivity contribution in [2.75, 3.05) is 10.2 Å². The number of nitrogens with zero attached hydrogens (tertiary/aromatic N) is 1. The largest absolute Gasteiger partial charge is 0.491 e. The van der Waals surface area contributed by atoms with Gasteiger partial charge < -0.3 is 10.1 Å². The topological polar surface area (TPSA) is 58.6 Å². The third-order valence-corrected chi connectivity index (χ3v) is 5.07. The van der Waals surface area contributed by atoms with Crippen LogP contribution < -0.4 is 15.0 Å². The van der Waals surface area contributed by atoms with Crippen LogP contribution in [0.1, 0.15) is 25.0 Å². The van der Waals surface area contributed by atoms with Crippen LogP contribution >= 0.6 is 0 Å². The number of alkyl halides is 3. The number of ether oxygens (including phenoxy) is 1. The second kappa shape index (κ2) is 9.05. The second-order valence-electron chi connectivity index (χ2n) is 7.93. The number of carbonyl (C=O) groups is 2. The van der Waals surface area contributed by atoms with Gasteiger partial charge in [-0.3, -0.25) is 9.59 Å². The summed E-state index contributed by atoms with van der Waals surface area (Å²) >= 11 is 0. The van der Waals surface area contributed by atoms with Crippen molar-refractivity contribution in [2.24, 2.45) is 0 Å². The van der Waals surface area contributed by atoms with Crippen molar-refractivity contribution >= 4 is 28.8 Å². The number of nitrogens with one attached hydrogen (secondary N) is 1. The summed E-state index contributed by atoms with van der Waals surface area (Å²) in [6.45, 7) is 3.79. The average Bonchev–Trinajstić information content (AvgIpc) is 3.04. The molecule has 3 aromatic carbocycles. The minimum Gasteiger partial charge on any atom is -0.491 e. The van der Waals surface area contributed by atoms with Crippen molar-refractivity contribution in [1.82, 2.24) is 0 Å². The summed E-state index contributed by atoms with van der Waals surface area (Å²) in [5, 5.41) is 2.98. The molecule has 174 valence electrons. The number of hydrogen-bond acceptors (Lipinski definition) is 4. The third kappa shape index (κ3) is 4.66. The molecule has 0 bridgehead atoms. The molecule has 34 heavy (non-hydrogen) atoms. The SMILES string of the molecule is CC(C)Oc1ccc(NC2=C(c3ccccc3)C(=O)N(c3cccc(C(F)(F)F)c3)C2=O)cc1. The lowest BCUT2D eigenvalue weighted by Gasteiger charge is -2.17. The molecular weight excluding hydrogens is 445 g/mol. The summed E-state index contributed by atoms with van der Waals surface area (Å²) in [5.41, 5.74) is -0.0643. The average molecular weight is 466 g/mol. The van der Waals surface area contributed by atoms with E-state index in [-0.39, 0.29) is 23.1 Å². The first-order chi connectivity index (χ1) is 16.1. The molecule has 1 N–H and O–H groups in total. The molecule has 1 aliphatic rings. The Balaban J connectivity index is 1.74. The summed E-state index contributed by atoms with van der Waals surface area (Å²) in [6, 6.07) is 19.5. The number of anilines is 2. The molecule has 0 aliphatic carbocycles. The van der Waals surface area contributed by atoms with E-state index < -0.39 is 23.6 Å². The molecule has 5 nitrogen and oxygen atoms in total. The molecule has 4 rings (SSSR count). The molecule has 1 heterocycles. The van der Waals surface area contributed by atoms with Crippen molar-refractivity contribution in [2.45, 2.75) is 26.1 Å². The number of carbonyl (C=O) groups excluding carboxylic acids is 2. The lowest BCUT2D eigenvalue weighted by molar-refractivity contribution is -0.137. The van der Waals surface area contributed by atoms with Crippen LogP contribution in [0.2, 0.25) is 0 Å². The maximum Gasteiger partial charge on any atom is 0.416 e. The van der Waals surface area contributed by atoms with Gasteiger partial charge >= 0.3 is 6.18 Å². The van der Waals surface area contributed by atoms with E-state index in [9.17, 15) is 22.8 Å². The van der Waals surface area contributed by atoms with Crippen molar-refractivity contribution in [3.8, 4) is 5.75 Å². The lowest BCUT2D eigenvalue weighted by Crippen LogP contribution is -2.32.